The van der Waals surface area contributed by atoms with Gasteiger partial charge in [0, 0.05) is 38.5 Å². The summed E-state index contributed by atoms with van der Waals surface area (Å²) in [5.74, 6) is -0.677. The van der Waals surface area contributed by atoms with Gasteiger partial charge in [-0.25, -0.2) is 9.37 Å². The van der Waals surface area contributed by atoms with Crippen LogP contribution in [0, 0.1) is 5.82 Å². The van der Waals surface area contributed by atoms with Crippen LogP contribution in [0.1, 0.15) is 12.0 Å². The molecule has 0 unspecified atom stereocenters. The van der Waals surface area contributed by atoms with Crippen LogP contribution >= 0.6 is 11.3 Å². The van der Waals surface area contributed by atoms with Gasteiger partial charge >= 0.3 is 0 Å². The number of pyridine rings is 1. The first kappa shape index (κ1) is 24.3. The van der Waals surface area contributed by atoms with Gasteiger partial charge < -0.3 is 14.2 Å². The van der Waals surface area contributed by atoms with E-state index in [4.69, 9.17) is 4.74 Å². The Morgan fingerprint density at radius 1 is 1.08 bits per heavy atom. The number of carbonyl (C=O) groups is 2. The lowest BCUT2D eigenvalue weighted by molar-refractivity contribution is -0.126. The Labute approximate surface area is 216 Å². The van der Waals surface area contributed by atoms with Crippen LogP contribution in [0.25, 0.3) is 20.8 Å². The van der Waals surface area contributed by atoms with E-state index in [1.165, 1.54) is 28.4 Å². The van der Waals surface area contributed by atoms with Gasteiger partial charge in [0.1, 0.15) is 11.5 Å². The first-order chi connectivity index (χ1) is 17.9. The molecule has 0 fully saturated rings. The molecule has 9 heteroatoms. The topological polar surface area (TPSA) is 77.3 Å². The molecule has 0 aliphatic rings. The molecule has 0 aliphatic heterocycles. The summed E-state index contributed by atoms with van der Waals surface area (Å²) in [6.07, 6.45) is 4.80. The van der Waals surface area contributed by atoms with E-state index in [1.54, 1.807) is 50.0 Å². The third kappa shape index (κ3) is 5.26. The molecule has 5 rings (SSSR count). The lowest BCUT2D eigenvalue weighted by Crippen LogP contribution is -2.28. The number of hydrogen-bond acceptors (Lipinski definition) is 6. The fraction of sp³-hybridized carbons (Fsp3) is 0.143. The number of Topliss-reactive ketones (excluding diaryl/α,β-unsaturated/α-hetero) is 1. The van der Waals surface area contributed by atoms with Crippen molar-refractivity contribution in [3.63, 3.8) is 0 Å². The van der Waals surface area contributed by atoms with E-state index >= 15 is 0 Å². The molecule has 2 aromatic carbocycles. The first-order valence-electron chi connectivity index (χ1n) is 11.5. The second kappa shape index (κ2) is 10.3. The molecule has 0 saturated carbocycles. The number of ketones is 1. The fourth-order valence-electron chi connectivity index (χ4n) is 3.94. The minimum Gasteiger partial charge on any atom is -0.453 e. The number of aryl methyl sites for hydroxylation is 1. The summed E-state index contributed by atoms with van der Waals surface area (Å²) < 4.78 is 23.6. The molecule has 0 radical (unpaired) electrons. The summed E-state index contributed by atoms with van der Waals surface area (Å²) >= 11 is 1.49. The number of benzene rings is 2. The van der Waals surface area contributed by atoms with Crippen LogP contribution in [0.3, 0.4) is 0 Å². The summed E-state index contributed by atoms with van der Waals surface area (Å²) in [6, 6.07) is 17.1. The third-order valence-electron chi connectivity index (χ3n) is 5.93. The molecule has 3 aromatic heterocycles. The lowest BCUT2D eigenvalue weighted by Gasteiger charge is -2.16. The summed E-state index contributed by atoms with van der Waals surface area (Å²) in [6.45, 7) is 0. The summed E-state index contributed by atoms with van der Waals surface area (Å²) in [5.41, 5.74) is 2.87. The molecule has 0 spiro atoms. The quantitative estimate of drug-likeness (QED) is 0.245. The zero-order valence-electron chi connectivity index (χ0n) is 20.2. The van der Waals surface area contributed by atoms with Crippen molar-refractivity contribution in [3.05, 3.63) is 90.8 Å². The maximum Gasteiger partial charge on any atom is 0.234 e. The van der Waals surface area contributed by atoms with Gasteiger partial charge in [0.15, 0.2) is 11.6 Å². The van der Waals surface area contributed by atoms with Crippen LogP contribution in [-0.2, 0) is 23.1 Å². The second-order valence-electron chi connectivity index (χ2n) is 8.57. The number of hydrogen-bond donors (Lipinski definition) is 0. The lowest BCUT2D eigenvalue weighted by atomic mass is 10.1. The molecule has 1 amide bonds. The Hall–Kier alpha value is -4.37. The fourth-order valence-corrected chi connectivity index (χ4v) is 5.06. The Bertz CT molecular complexity index is 1600. The standard InChI is InChI=1S/C28H23FN4O3S/c1-32-17-30-16-23(32)26-15-22-28(37-26)25(10-11-31-22)36-24-9-8-18(13-21(24)29)12-20(34)14-27(35)33(2)19-6-4-3-5-7-19/h3-11,13,15-17H,12,14H2,1-2H3. The first-order valence-corrected chi connectivity index (χ1v) is 12.4. The number of amides is 1. The van der Waals surface area contributed by atoms with E-state index < -0.39 is 5.82 Å². The Morgan fingerprint density at radius 3 is 2.62 bits per heavy atom. The molecule has 0 bridgehead atoms. The number of ether oxygens (including phenoxy) is 1. The monoisotopic (exact) mass is 514 g/mol. The van der Waals surface area contributed by atoms with Crippen molar-refractivity contribution in [1.82, 2.24) is 14.5 Å². The molecule has 3 heterocycles. The third-order valence-corrected chi connectivity index (χ3v) is 7.09. The van der Waals surface area contributed by atoms with E-state index in [-0.39, 0.29) is 30.3 Å². The van der Waals surface area contributed by atoms with E-state index in [0.717, 1.165) is 20.8 Å². The Balaban J connectivity index is 1.28. The molecule has 37 heavy (non-hydrogen) atoms. The number of anilines is 1. The zero-order valence-corrected chi connectivity index (χ0v) is 21.0. The Kier molecular flexibility index (Phi) is 6.78. The summed E-state index contributed by atoms with van der Waals surface area (Å²) in [5, 5.41) is 0. The molecular formula is C28H23FN4O3S. The number of halogens is 1. The highest BCUT2D eigenvalue weighted by Gasteiger charge is 2.18. The van der Waals surface area contributed by atoms with Crippen molar-refractivity contribution >= 4 is 38.9 Å². The van der Waals surface area contributed by atoms with Crippen LogP contribution in [0.5, 0.6) is 11.5 Å². The number of nitrogens with zero attached hydrogens (tertiary/aromatic N) is 4. The van der Waals surface area contributed by atoms with Crippen LogP contribution in [0.2, 0.25) is 0 Å². The predicted molar refractivity (Wildman–Crippen MR) is 141 cm³/mol. The van der Waals surface area contributed by atoms with Crippen LogP contribution in [0.15, 0.2) is 79.4 Å². The number of fused-ring (bicyclic) bond motifs is 1. The van der Waals surface area contributed by atoms with Gasteiger partial charge in [-0.15, -0.1) is 11.3 Å². The Morgan fingerprint density at radius 2 is 1.89 bits per heavy atom. The normalized spacial score (nSPS) is 11.0. The van der Waals surface area contributed by atoms with Crippen molar-refractivity contribution in [2.75, 3.05) is 11.9 Å². The smallest absolute Gasteiger partial charge is 0.234 e. The maximum absolute atomic E-state index is 14.9. The zero-order chi connectivity index (χ0) is 25.9. The number of rotatable bonds is 8. The average Bonchev–Trinajstić information content (AvgIpc) is 3.52. The van der Waals surface area contributed by atoms with Crippen LogP contribution < -0.4 is 9.64 Å². The molecular weight excluding hydrogens is 491 g/mol. The number of imidazole rings is 1. The van der Waals surface area contributed by atoms with E-state index in [9.17, 15) is 14.0 Å². The van der Waals surface area contributed by atoms with Crippen LogP contribution in [0.4, 0.5) is 10.1 Å². The van der Waals surface area contributed by atoms with Gasteiger partial charge in [-0.2, -0.15) is 0 Å². The minimum atomic E-state index is -0.591. The molecule has 186 valence electrons. The SMILES string of the molecule is CN(C(=O)CC(=O)Cc1ccc(Oc2ccnc3cc(-c4cncn4C)sc23)c(F)c1)c1ccccc1. The van der Waals surface area contributed by atoms with Crippen molar-refractivity contribution < 1.29 is 18.7 Å². The molecule has 0 saturated heterocycles. The summed E-state index contributed by atoms with van der Waals surface area (Å²) in [7, 11) is 3.54. The number of aromatic nitrogens is 3. The highest BCUT2D eigenvalue weighted by molar-refractivity contribution is 7.22. The largest absolute Gasteiger partial charge is 0.453 e. The highest BCUT2D eigenvalue weighted by atomic mass is 32.1. The van der Waals surface area contributed by atoms with Gasteiger partial charge in [-0.3, -0.25) is 14.6 Å². The number of thiophene rings is 1. The van der Waals surface area contributed by atoms with Crippen molar-refractivity contribution in [2.24, 2.45) is 7.05 Å². The van der Waals surface area contributed by atoms with E-state index in [1.807, 2.05) is 35.9 Å². The van der Waals surface area contributed by atoms with E-state index in [0.29, 0.717) is 17.0 Å². The van der Waals surface area contributed by atoms with E-state index in [2.05, 4.69) is 9.97 Å². The molecule has 0 aliphatic carbocycles. The maximum atomic E-state index is 14.9. The molecule has 0 N–H and O–H groups in total. The van der Waals surface area contributed by atoms with Gasteiger partial charge in [0.05, 0.1) is 39.7 Å². The molecule has 7 nitrogen and oxygen atoms in total. The van der Waals surface area contributed by atoms with Crippen molar-refractivity contribution in [1.29, 1.82) is 0 Å². The predicted octanol–water partition coefficient (Wildman–Crippen LogP) is 5.79. The van der Waals surface area contributed by atoms with Gasteiger partial charge in [-0.1, -0.05) is 24.3 Å². The second-order valence-corrected chi connectivity index (χ2v) is 9.62. The van der Waals surface area contributed by atoms with Gasteiger partial charge in [-0.05, 0) is 35.9 Å². The molecule has 5 aromatic rings. The summed E-state index contributed by atoms with van der Waals surface area (Å²) in [4.78, 5) is 36.0. The van der Waals surface area contributed by atoms with Gasteiger partial charge in [0.2, 0.25) is 5.91 Å². The van der Waals surface area contributed by atoms with Gasteiger partial charge in [0.25, 0.3) is 0 Å². The van der Waals surface area contributed by atoms with Crippen LogP contribution in [-0.4, -0.2) is 33.3 Å². The molecule has 0 atom stereocenters. The number of carbonyl (C=O) groups excluding carboxylic acids is 2. The van der Waals surface area contributed by atoms with Crippen molar-refractivity contribution in [2.45, 2.75) is 12.8 Å². The highest BCUT2D eigenvalue weighted by Crippen LogP contribution is 2.39. The minimum absolute atomic E-state index is 0.0408. The number of para-hydroxylation sites is 1. The van der Waals surface area contributed by atoms with Crippen molar-refractivity contribution in [3.8, 4) is 22.1 Å². The average molecular weight is 515 g/mol.